The van der Waals surface area contributed by atoms with Crippen molar-refractivity contribution in [1.29, 1.82) is 0 Å². The van der Waals surface area contributed by atoms with Gasteiger partial charge in [-0.15, -0.1) is 0 Å². The Morgan fingerprint density at radius 3 is 2.66 bits per heavy atom. The van der Waals surface area contributed by atoms with Gasteiger partial charge in [-0.1, -0.05) is 34.1 Å². The van der Waals surface area contributed by atoms with E-state index in [2.05, 4.69) is 26.0 Å². The second-order valence-electron chi connectivity index (χ2n) is 8.80. The molecule has 0 saturated carbocycles. The fourth-order valence-electron chi connectivity index (χ4n) is 4.34. The molecule has 0 aliphatic carbocycles. The summed E-state index contributed by atoms with van der Waals surface area (Å²) in [4.78, 5) is 16.4. The molecule has 7 heteroatoms. The Hall–Kier alpha value is -3.71. The van der Waals surface area contributed by atoms with Gasteiger partial charge in [0.05, 0.1) is 23.1 Å². The van der Waals surface area contributed by atoms with Gasteiger partial charge in [0.25, 0.3) is 0 Å². The van der Waals surface area contributed by atoms with Gasteiger partial charge in [-0.05, 0) is 91.4 Å². The van der Waals surface area contributed by atoms with Gasteiger partial charge in [-0.2, -0.15) is 5.10 Å². The quantitative estimate of drug-likeness (QED) is 0.247. The third-order valence-electron chi connectivity index (χ3n) is 6.34. The van der Waals surface area contributed by atoms with E-state index in [1.54, 1.807) is 16.8 Å². The zero-order valence-electron chi connectivity index (χ0n) is 19.4. The van der Waals surface area contributed by atoms with E-state index in [0.29, 0.717) is 11.3 Å². The van der Waals surface area contributed by atoms with E-state index < -0.39 is 0 Å². The van der Waals surface area contributed by atoms with Crippen molar-refractivity contribution in [2.75, 3.05) is 5.73 Å². The van der Waals surface area contributed by atoms with Gasteiger partial charge in [0.1, 0.15) is 11.6 Å². The first-order valence-corrected chi connectivity index (χ1v) is 12.1. The average Bonchev–Trinajstić information content (AvgIpc) is 3.41. The number of nitrogens with zero attached hydrogens (tertiary/aromatic N) is 2. The van der Waals surface area contributed by atoms with Crippen LogP contribution in [0, 0.1) is 19.7 Å². The van der Waals surface area contributed by atoms with Crippen LogP contribution in [0.3, 0.4) is 0 Å². The molecular weight excluding hydrogens is 507 g/mol. The number of hydrogen-bond donors (Lipinski definition) is 2. The first-order valence-electron chi connectivity index (χ1n) is 11.3. The van der Waals surface area contributed by atoms with Crippen LogP contribution in [0.4, 0.5) is 10.2 Å². The van der Waals surface area contributed by atoms with Crippen molar-refractivity contribution in [3.63, 3.8) is 0 Å². The molecule has 2 aromatic heterocycles. The Morgan fingerprint density at radius 1 is 1.06 bits per heavy atom. The Bertz CT molecular complexity index is 1540. The summed E-state index contributed by atoms with van der Waals surface area (Å²) < 4.78 is 16.0. The lowest BCUT2D eigenvalue weighted by atomic mass is 10.00. The third kappa shape index (κ3) is 4.51. The highest BCUT2D eigenvalue weighted by molar-refractivity contribution is 9.10. The Kier molecular flexibility index (Phi) is 6.03. The summed E-state index contributed by atoms with van der Waals surface area (Å²) in [5, 5.41) is 5.36. The Labute approximate surface area is 210 Å². The smallest absolute Gasteiger partial charge is 0.214 e. The molecule has 3 aromatic carbocycles. The number of carbonyl (C=O) groups is 1. The van der Waals surface area contributed by atoms with Crippen molar-refractivity contribution in [3.05, 3.63) is 111 Å². The van der Waals surface area contributed by atoms with Gasteiger partial charge < -0.3 is 10.7 Å². The summed E-state index contributed by atoms with van der Waals surface area (Å²) in [7, 11) is 0. The number of rotatable bonds is 6. The highest BCUT2D eigenvalue weighted by atomic mass is 79.9. The van der Waals surface area contributed by atoms with Crippen LogP contribution in [0.5, 0.6) is 0 Å². The van der Waals surface area contributed by atoms with E-state index >= 15 is 0 Å². The molecule has 176 valence electrons. The maximum Gasteiger partial charge on any atom is 0.214 e. The molecule has 0 spiro atoms. The predicted molar refractivity (Wildman–Crippen MR) is 141 cm³/mol. The molecule has 5 rings (SSSR count). The van der Waals surface area contributed by atoms with Crippen molar-refractivity contribution in [2.45, 2.75) is 26.7 Å². The summed E-state index contributed by atoms with van der Waals surface area (Å²) >= 11 is 3.53. The monoisotopic (exact) mass is 530 g/mol. The first-order chi connectivity index (χ1) is 16.8. The zero-order chi connectivity index (χ0) is 24.7. The summed E-state index contributed by atoms with van der Waals surface area (Å²) in [6.45, 7) is 4.04. The summed E-state index contributed by atoms with van der Waals surface area (Å²) in [6.07, 6.45) is 3.06. The molecule has 0 aliphatic heterocycles. The number of carbonyl (C=O) groups excluding carboxylic acids is 1. The van der Waals surface area contributed by atoms with Gasteiger partial charge in [0.15, 0.2) is 0 Å². The minimum atomic E-state index is -0.218. The number of anilines is 1. The number of H-pyrrole nitrogens is 1. The van der Waals surface area contributed by atoms with Crippen molar-refractivity contribution < 1.29 is 9.18 Å². The molecule has 3 N–H and O–H groups in total. The lowest BCUT2D eigenvalue weighted by Crippen LogP contribution is -2.08. The van der Waals surface area contributed by atoms with Crippen molar-refractivity contribution in [3.8, 4) is 5.69 Å². The van der Waals surface area contributed by atoms with E-state index in [4.69, 9.17) is 5.73 Å². The molecule has 0 amide bonds. The molecule has 35 heavy (non-hydrogen) atoms. The number of hydrogen-bond acceptors (Lipinski definition) is 3. The molecule has 0 atom stereocenters. The second kappa shape index (κ2) is 9.15. The average molecular weight is 531 g/mol. The largest absolute Gasteiger partial charge is 0.383 e. The Balaban J connectivity index is 1.38. The SMILES string of the molecule is Cc1cc2cc(C(=O)c3cnn(-c4ccc(CCc5cccc(F)c5)c(C)c4)c3N)[nH]c2cc1Br. The van der Waals surface area contributed by atoms with E-state index in [-0.39, 0.29) is 17.4 Å². The lowest BCUT2D eigenvalue weighted by molar-refractivity contribution is 0.103. The maximum absolute atomic E-state index is 13.5. The van der Waals surface area contributed by atoms with Crippen molar-refractivity contribution >= 4 is 38.4 Å². The van der Waals surface area contributed by atoms with E-state index in [1.807, 2.05) is 56.3 Å². The molecule has 0 unspecified atom stereocenters. The van der Waals surface area contributed by atoms with Crippen LogP contribution in [0.1, 0.15) is 38.3 Å². The number of nitrogens with one attached hydrogen (secondary N) is 1. The van der Waals surface area contributed by atoms with Crippen LogP contribution >= 0.6 is 15.9 Å². The molecule has 0 saturated heterocycles. The Morgan fingerprint density at radius 2 is 1.89 bits per heavy atom. The van der Waals surface area contributed by atoms with Crippen LogP contribution in [0.2, 0.25) is 0 Å². The number of nitrogen functional groups attached to an aromatic ring is 1. The molecule has 2 heterocycles. The zero-order valence-corrected chi connectivity index (χ0v) is 21.0. The van der Waals surface area contributed by atoms with Crippen LogP contribution in [-0.4, -0.2) is 20.5 Å². The molecular formula is C28H24BrFN4O. The van der Waals surface area contributed by atoms with E-state index in [0.717, 1.165) is 50.6 Å². The van der Waals surface area contributed by atoms with Crippen LogP contribution in [-0.2, 0) is 12.8 Å². The standard InChI is InChI=1S/C28H24BrFN4O/c1-16-11-22(9-8-19(16)7-6-18-4-3-5-21(30)12-18)34-28(31)23(15-32-34)27(35)26-13-20-10-17(2)24(29)14-25(20)33-26/h3-5,8-15,33H,6-7,31H2,1-2H3. The topological polar surface area (TPSA) is 76.7 Å². The molecule has 5 aromatic rings. The highest BCUT2D eigenvalue weighted by Gasteiger charge is 2.20. The van der Waals surface area contributed by atoms with Gasteiger partial charge in [-0.25, -0.2) is 9.07 Å². The second-order valence-corrected chi connectivity index (χ2v) is 9.65. The fraction of sp³-hybridized carbons (Fsp3) is 0.143. The van der Waals surface area contributed by atoms with Gasteiger partial charge in [0, 0.05) is 15.4 Å². The number of fused-ring (bicyclic) bond motifs is 1. The normalized spacial score (nSPS) is 11.3. The molecule has 0 aliphatic rings. The number of nitrogens with two attached hydrogens (primary N) is 1. The van der Waals surface area contributed by atoms with Gasteiger partial charge in [0.2, 0.25) is 5.78 Å². The van der Waals surface area contributed by atoms with E-state index in [9.17, 15) is 9.18 Å². The third-order valence-corrected chi connectivity index (χ3v) is 7.19. The number of aromatic amines is 1. The van der Waals surface area contributed by atoms with Crippen LogP contribution in [0.15, 0.2) is 71.3 Å². The fourth-order valence-corrected chi connectivity index (χ4v) is 4.68. The lowest BCUT2D eigenvalue weighted by Gasteiger charge is -2.10. The highest BCUT2D eigenvalue weighted by Crippen LogP contribution is 2.27. The molecule has 5 nitrogen and oxygen atoms in total. The molecule has 0 bridgehead atoms. The minimum Gasteiger partial charge on any atom is -0.383 e. The van der Waals surface area contributed by atoms with Gasteiger partial charge >= 0.3 is 0 Å². The van der Waals surface area contributed by atoms with Gasteiger partial charge in [-0.3, -0.25) is 4.79 Å². The van der Waals surface area contributed by atoms with Crippen molar-refractivity contribution in [1.82, 2.24) is 14.8 Å². The van der Waals surface area contributed by atoms with Crippen LogP contribution in [0.25, 0.3) is 16.6 Å². The van der Waals surface area contributed by atoms with Crippen molar-refractivity contribution in [2.24, 2.45) is 0 Å². The molecule has 0 fully saturated rings. The molecule has 0 radical (unpaired) electrons. The van der Waals surface area contributed by atoms with Crippen LogP contribution < -0.4 is 5.73 Å². The number of aryl methyl sites for hydroxylation is 4. The number of halogens is 2. The number of benzene rings is 3. The summed E-state index contributed by atoms with van der Waals surface area (Å²) in [5.41, 5.74) is 13.2. The maximum atomic E-state index is 13.5. The number of aromatic nitrogens is 3. The predicted octanol–water partition coefficient (Wildman–Crippen LogP) is 6.47. The minimum absolute atomic E-state index is 0.206. The summed E-state index contributed by atoms with van der Waals surface area (Å²) in [6, 6.07) is 18.5. The van der Waals surface area contributed by atoms with E-state index in [1.165, 1.54) is 17.8 Å². The summed E-state index contributed by atoms with van der Waals surface area (Å²) in [5.74, 6) is -0.135. The number of ketones is 1. The first kappa shape index (κ1) is 23.1.